The topological polar surface area (TPSA) is 49.4 Å². The quantitative estimate of drug-likeness (QED) is 0.525. The Labute approximate surface area is 191 Å². The number of likely N-dealkylation sites (N-methyl/N-ethyl adjacent to an activating group) is 1. The van der Waals surface area contributed by atoms with Crippen molar-refractivity contribution in [2.75, 3.05) is 6.54 Å². The molecule has 0 spiro atoms. The van der Waals surface area contributed by atoms with Crippen LogP contribution in [0.5, 0.6) is 0 Å². The second-order valence-electron chi connectivity index (χ2n) is 6.45. The molecule has 0 aliphatic rings. The average molecular weight is 476 g/mol. The van der Waals surface area contributed by atoms with Gasteiger partial charge in [-0.05, 0) is 48.7 Å². The number of benzene rings is 2. The van der Waals surface area contributed by atoms with Gasteiger partial charge in [0.1, 0.15) is 6.04 Å². The molecule has 0 aromatic heterocycles. The van der Waals surface area contributed by atoms with Crippen LogP contribution in [0.1, 0.15) is 31.4 Å². The molecule has 1 N–H and O–H groups in total. The van der Waals surface area contributed by atoms with E-state index >= 15 is 0 Å². The van der Waals surface area contributed by atoms with Crippen LogP contribution in [0, 0.1) is 0 Å². The number of hydrogen-bond donors (Lipinski definition) is 1. The van der Waals surface area contributed by atoms with Crippen LogP contribution < -0.4 is 5.32 Å². The van der Waals surface area contributed by atoms with Crippen molar-refractivity contribution in [3.8, 4) is 0 Å². The summed E-state index contributed by atoms with van der Waals surface area (Å²) in [5.41, 5.74) is 1.22. The summed E-state index contributed by atoms with van der Waals surface area (Å²) >= 11 is 24.8. The Morgan fingerprint density at radius 3 is 2.21 bits per heavy atom. The standard InChI is InChI=1S/C21H22Cl4N2O2/c1-3-19(21(29)26-4-2)27(12-13-8-9-14(22)10-18(13)25)20(28)11-15-16(23)6-5-7-17(15)24/h5-10,19H,3-4,11-12H2,1-2H3,(H,26,29)/t19-/m0/s1. The second kappa shape index (κ2) is 11.1. The number of carbonyl (C=O) groups excluding carboxylic acids is 2. The molecule has 4 nitrogen and oxygen atoms in total. The van der Waals surface area contributed by atoms with Gasteiger partial charge >= 0.3 is 0 Å². The number of rotatable bonds is 8. The highest BCUT2D eigenvalue weighted by molar-refractivity contribution is 6.36. The Bertz CT molecular complexity index is 869. The molecule has 0 unspecified atom stereocenters. The Balaban J connectivity index is 2.39. The highest BCUT2D eigenvalue weighted by atomic mass is 35.5. The molecular formula is C21H22Cl4N2O2. The molecule has 2 amide bonds. The Kier molecular flexibility index (Phi) is 9.09. The minimum atomic E-state index is -0.657. The summed E-state index contributed by atoms with van der Waals surface area (Å²) in [4.78, 5) is 27.4. The second-order valence-corrected chi connectivity index (χ2v) is 8.11. The van der Waals surface area contributed by atoms with Gasteiger partial charge < -0.3 is 10.2 Å². The third-order valence-corrected chi connectivity index (χ3v) is 5.78. The minimum Gasteiger partial charge on any atom is -0.355 e. The van der Waals surface area contributed by atoms with Gasteiger partial charge in [-0.15, -0.1) is 0 Å². The van der Waals surface area contributed by atoms with E-state index in [0.29, 0.717) is 44.2 Å². The molecule has 0 heterocycles. The smallest absolute Gasteiger partial charge is 0.242 e. The van der Waals surface area contributed by atoms with E-state index < -0.39 is 6.04 Å². The summed E-state index contributed by atoms with van der Waals surface area (Å²) in [5.74, 6) is -0.497. The van der Waals surface area contributed by atoms with E-state index in [2.05, 4.69) is 5.32 Å². The van der Waals surface area contributed by atoms with Crippen molar-refractivity contribution < 1.29 is 9.59 Å². The summed E-state index contributed by atoms with van der Waals surface area (Å²) < 4.78 is 0. The first-order chi connectivity index (χ1) is 13.8. The summed E-state index contributed by atoms with van der Waals surface area (Å²) in [6.07, 6.45) is 0.415. The summed E-state index contributed by atoms with van der Waals surface area (Å²) in [7, 11) is 0. The molecule has 2 rings (SSSR count). The van der Waals surface area contributed by atoms with E-state index in [-0.39, 0.29) is 24.8 Å². The average Bonchev–Trinajstić information content (AvgIpc) is 2.66. The largest absolute Gasteiger partial charge is 0.355 e. The molecule has 2 aromatic carbocycles. The van der Waals surface area contributed by atoms with Crippen molar-refractivity contribution >= 4 is 58.2 Å². The van der Waals surface area contributed by atoms with Gasteiger partial charge in [-0.3, -0.25) is 9.59 Å². The first-order valence-corrected chi connectivity index (χ1v) is 10.7. The number of carbonyl (C=O) groups is 2. The van der Waals surface area contributed by atoms with Gasteiger partial charge in [0.2, 0.25) is 11.8 Å². The van der Waals surface area contributed by atoms with Gasteiger partial charge in [0, 0.05) is 33.2 Å². The zero-order valence-electron chi connectivity index (χ0n) is 16.1. The fourth-order valence-electron chi connectivity index (χ4n) is 3.00. The normalized spacial score (nSPS) is 11.8. The molecule has 0 saturated heterocycles. The lowest BCUT2D eigenvalue weighted by molar-refractivity contribution is -0.140. The van der Waals surface area contributed by atoms with E-state index in [1.54, 1.807) is 36.4 Å². The van der Waals surface area contributed by atoms with Gasteiger partial charge in [-0.1, -0.05) is 65.5 Å². The van der Waals surface area contributed by atoms with Gasteiger partial charge in [0.15, 0.2) is 0 Å². The van der Waals surface area contributed by atoms with E-state index in [0.717, 1.165) is 0 Å². The molecule has 29 heavy (non-hydrogen) atoms. The van der Waals surface area contributed by atoms with Crippen LogP contribution in [0.2, 0.25) is 20.1 Å². The lowest BCUT2D eigenvalue weighted by atomic mass is 10.1. The van der Waals surface area contributed by atoms with Crippen molar-refractivity contribution in [1.29, 1.82) is 0 Å². The number of amides is 2. The van der Waals surface area contributed by atoms with Crippen LogP contribution in [-0.2, 0) is 22.6 Å². The molecule has 0 fully saturated rings. The minimum absolute atomic E-state index is 0.0282. The lowest BCUT2D eigenvalue weighted by Crippen LogP contribution is -2.49. The maximum Gasteiger partial charge on any atom is 0.242 e. The zero-order chi connectivity index (χ0) is 21.6. The summed E-state index contributed by atoms with van der Waals surface area (Å²) in [6.45, 7) is 4.31. The highest BCUT2D eigenvalue weighted by Gasteiger charge is 2.29. The molecule has 0 aliphatic heterocycles. The van der Waals surface area contributed by atoms with Crippen molar-refractivity contribution in [3.63, 3.8) is 0 Å². The first kappa shape index (κ1) is 23.8. The number of halogens is 4. The Hall–Kier alpha value is -1.46. The summed E-state index contributed by atoms with van der Waals surface area (Å²) in [6, 6.07) is 9.47. The molecule has 2 aromatic rings. The molecule has 8 heteroatoms. The van der Waals surface area contributed by atoms with Crippen LogP contribution in [0.15, 0.2) is 36.4 Å². The Morgan fingerprint density at radius 2 is 1.66 bits per heavy atom. The first-order valence-electron chi connectivity index (χ1n) is 9.22. The molecule has 1 atom stereocenters. The third kappa shape index (κ3) is 6.26. The number of hydrogen-bond acceptors (Lipinski definition) is 2. The number of nitrogens with zero attached hydrogens (tertiary/aromatic N) is 1. The van der Waals surface area contributed by atoms with Crippen LogP contribution >= 0.6 is 46.4 Å². The van der Waals surface area contributed by atoms with Gasteiger partial charge in [-0.2, -0.15) is 0 Å². The lowest BCUT2D eigenvalue weighted by Gasteiger charge is -2.31. The van der Waals surface area contributed by atoms with E-state index in [4.69, 9.17) is 46.4 Å². The molecule has 0 aliphatic carbocycles. The predicted molar refractivity (Wildman–Crippen MR) is 120 cm³/mol. The van der Waals surface area contributed by atoms with Crippen LogP contribution in [-0.4, -0.2) is 29.3 Å². The molecule has 0 bridgehead atoms. The summed E-state index contributed by atoms with van der Waals surface area (Å²) in [5, 5.41) is 4.52. The molecule has 156 valence electrons. The van der Waals surface area contributed by atoms with E-state index in [1.807, 2.05) is 13.8 Å². The van der Waals surface area contributed by atoms with E-state index in [1.165, 1.54) is 4.90 Å². The zero-order valence-corrected chi connectivity index (χ0v) is 19.2. The fourth-order valence-corrected chi connectivity index (χ4v) is 4.00. The molecule has 0 radical (unpaired) electrons. The van der Waals surface area contributed by atoms with Crippen molar-refractivity contribution in [2.24, 2.45) is 0 Å². The molecule has 0 saturated carbocycles. The predicted octanol–water partition coefficient (Wildman–Crippen LogP) is 5.79. The highest BCUT2D eigenvalue weighted by Crippen LogP contribution is 2.27. The van der Waals surface area contributed by atoms with Crippen LogP contribution in [0.25, 0.3) is 0 Å². The van der Waals surface area contributed by atoms with Gasteiger partial charge in [0.25, 0.3) is 0 Å². The SMILES string of the molecule is CCNC(=O)[C@H](CC)N(Cc1ccc(Cl)cc1Cl)C(=O)Cc1c(Cl)cccc1Cl. The van der Waals surface area contributed by atoms with E-state index in [9.17, 15) is 9.59 Å². The Morgan fingerprint density at radius 1 is 1.00 bits per heavy atom. The number of nitrogens with one attached hydrogen (secondary N) is 1. The molecular weight excluding hydrogens is 454 g/mol. The van der Waals surface area contributed by atoms with Crippen molar-refractivity contribution in [1.82, 2.24) is 10.2 Å². The maximum absolute atomic E-state index is 13.3. The van der Waals surface area contributed by atoms with Crippen molar-refractivity contribution in [2.45, 2.75) is 39.3 Å². The van der Waals surface area contributed by atoms with Crippen molar-refractivity contribution in [3.05, 3.63) is 67.6 Å². The van der Waals surface area contributed by atoms with Crippen LogP contribution in [0.3, 0.4) is 0 Å². The monoisotopic (exact) mass is 474 g/mol. The van der Waals surface area contributed by atoms with Gasteiger partial charge in [0.05, 0.1) is 6.42 Å². The van der Waals surface area contributed by atoms with Gasteiger partial charge in [-0.25, -0.2) is 0 Å². The maximum atomic E-state index is 13.3. The fraction of sp³-hybridized carbons (Fsp3) is 0.333. The van der Waals surface area contributed by atoms with Crippen LogP contribution in [0.4, 0.5) is 0 Å². The third-order valence-electron chi connectivity index (χ3n) is 4.48.